The number of hydrogen-bond acceptors (Lipinski definition) is 8. The summed E-state index contributed by atoms with van der Waals surface area (Å²) in [5.41, 5.74) is 3.37. The van der Waals surface area contributed by atoms with Gasteiger partial charge in [0, 0.05) is 54.2 Å². The molecule has 3 aliphatic rings. The first-order chi connectivity index (χ1) is 19.0. The number of nitrogens with one attached hydrogen (secondary N) is 5. The second-order valence-electron chi connectivity index (χ2n) is 11.1. The van der Waals surface area contributed by atoms with E-state index in [4.69, 9.17) is 5.10 Å². The highest BCUT2D eigenvalue weighted by Gasteiger charge is 2.27. The molecule has 11 nitrogen and oxygen atoms in total. The first kappa shape index (κ1) is 25.5. The lowest BCUT2D eigenvalue weighted by Gasteiger charge is -2.30. The summed E-state index contributed by atoms with van der Waals surface area (Å²) < 4.78 is 1.62. The van der Waals surface area contributed by atoms with Gasteiger partial charge in [0.2, 0.25) is 5.91 Å². The van der Waals surface area contributed by atoms with E-state index >= 15 is 0 Å². The maximum absolute atomic E-state index is 13.2. The van der Waals surface area contributed by atoms with Gasteiger partial charge in [-0.25, -0.2) is 9.50 Å². The number of amides is 2. The second-order valence-corrected chi connectivity index (χ2v) is 11.1. The van der Waals surface area contributed by atoms with Crippen molar-refractivity contribution in [1.82, 2.24) is 30.2 Å². The van der Waals surface area contributed by atoms with Crippen LogP contribution in [0.3, 0.4) is 0 Å². The molecular formula is C28H37N9O2. The summed E-state index contributed by atoms with van der Waals surface area (Å²) in [6.45, 7) is 2.90. The molecule has 0 bridgehead atoms. The van der Waals surface area contributed by atoms with Gasteiger partial charge in [-0.2, -0.15) is 0 Å². The fourth-order valence-corrected chi connectivity index (χ4v) is 5.60. The number of hydrogen-bond donors (Lipinski definition) is 5. The Balaban J connectivity index is 1.13. The van der Waals surface area contributed by atoms with E-state index in [2.05, 4.69) is 36.6 Å². The molecule has 2 aliphatic carbocycles. The maximum atomic E-state index is 13.2. The highest BCUT2D eigenvalue weighted by atomic mass is 16.2. The molecule has 1 saturated heterocycles. The minimum absolute atomic E-state index is 0.154. The molecule has 6 rings (SSSR count). The van der Waals surface area contributed by atoms with Gasteiger partial charge in [-0.15, -0.1) is 5.10 Å². The summed E-state index contributed by atoms with van der Waals surface area (Å²) >= 11 is 0. The Hall–Kier alpha value is -3.73. The van der Waals surface area contributed by atoms with Gasteiger partial charge in [0.1, 0.15) is 5.82 Å². The highest BCUT2D eigenvalue weighted by molar-refractivity contribution is 6.03. The number of carbonyl (C=O) groups excluding carboxylic acids is 2. The number of rotatable bonds is 9. The molecule has 0 radical (unpaired) electrons. The second kappa shape index (κ2) is 11.2. The monoisotopic (exact) mass is 531 g/mol. The number of fused-ring (bicyclic) bond motifs is 1. The topological polar surface area (TPSA) is 137 Å². The Morgan fingerprint density at radius 1 is 1.00 bits per heavy atom. The molecule has 11 heteroatoms. The summed E-state index contributed by atoms with van der Waals surface area (Å²) in [7, 11) is 0. The first-order valence-electron chi connectivity index (χ1n) is 14.2. The lowest BCUT2D eigenvalue weighted by Crippen LogP contribution is -2.42. The Bertz CT molecular complexity index is 1340. The van der Waals surface area contributed by atoms with Gasteiger partial charge in [0.25, 0.3) is 5.91 Å². The summed E-state index contributed by atoms with van der Waals surface area (Å²) in [5.74, 6) is 0.581. The van der Waals surface area contributed by atoms with E-state index in [0.29, 0.717) is 41.4 Å². The summed E-state index contributed by atoms with van der Waals surface area (Å²) in [6.07, 6.45) is 12.0. The number of aryl methyl sites for hydroxylation is 1. The van der Waals surface area contributed by atoms with Gasteiger partial charge < -0.3 is 26.6 Å². The van der Waals surface area contributed by atoms with Crippen LogP contribution in [0.15, 0.2) is 30.6 Å². The molecular weight excluding hydrogens is 494 g/mol. The third-order valence-electron chi connectivity index (χ3n) is 7.83. The Labute approximate surface area is 227 Å². The molecule has 1 aliphatic heterocycles. The molecule has 2 amide bonds. The molecule has 206 valence electrons. The third-order valence-corrected chi connectivity index (χ3v) is 7.83. The van der Waals surface area contributed by atoms with Crippen molar-refractivity contribution in [3.8, 4) is 0 Å². The van der Waals surface area contributed by atoms with Crippen molar-refractivity contribution in [2.24, 2.45) is 0 Å². The summed E-state index contributed by atoms with van der Waals surface area (Å²) in [6, 6.07) is 6.80. The summed E-state index contributed by atoms with van der Waals surface area (Å²) in [5, 5.41) is 21.5. The zero-order chi connectivity index (χ0) is 26.8. The van der Waals surface area contributed by atoms with Gasteiger partial charge in [-0.3, -0.25) is 14.6 Å². The SMILES string of the molecule is Cc1cc(NC(=O)c2cnc3c(NC4CC4)cc(N[C@H]4CC[C@H](NC(=O)C[C@@H]5CCCN5)CC4)nn23)ccn1. The number of aromatic nitrogens is 4. The van der Waals surface area contributed by atoms with E-state index in [9.17, 15) is 9.59 Å². The van der Waals surface area contributed by atoms with Crippen molar-refractivity contribution in [2.45, 2.75) is 88.9 Å². The van der Waals surface area contributed by atoms with Crippen molar-refractivity contribution in [1.29, 1.82) is 0 Å². The van der Waals surface area contributed by atoms with E-state index < -0.39 is 0 Å². The molecule has 5 N–H and O–H groups in total. The van der Waals surface area contributed by atoms with E-state index in [-0.39, 0.29) is 23.9 Å². The average molecular weight is 532 g/mol. The van der Waals surface area contributed by atoms with Gasteiger partial charge in [-0.1, -0.05) is 0 Å². The van der Waals surface area contributed by atoms with Crippen LogP contribution in [-0.2, 0) is 4.79 Å². The Morgan fingerprint density at radius 3 is 2.51 bits per heavy atom. The lowest BCUT2D eigenvalue weighted by molar-refractivity contribution is -0.122. The lowest BCUT2D eigenvalue weighted by atomic mass is 9.91. The van der Waals surface area contributed by atoms with E-state index in [0.717, 1.165) is 69.3 Å². The smallest absolute Gasteiger partial charge is 0.276 e. The zero-order valence-electron chi connectivity index (χ0n) is 22.4. The Morgan fingerprint density at radius 2 is 1.77 bits per heavy atom. The predicted octanol–water partition coefficient (Wildman–Crippen LogP) is 3.24. The normalized spacial score (nSPS) is 22.9. The third kappa shape index (κ3) is 6.30. The minimum atomic E-state index is -0.279. The van der Waals surface area contributed by atoms with Gasteiger partial charge in [0.05, 0.1) is 11.9 Å². The Kier molecular flexibility index (Phi) is 7.32. The van der Waals surface area contributed by atoms with Crippen LogP contribution in [0.2, 0.25) is 0 Å². The van der Waals surface area contributed by atoms with Crippen LogP contribution < -0.4 is 26.6 Å². The molecule has 0 aromatic carbocycles. The molecule has 3 aromatic rings. The number of imidazole rings is 1. The molecule has 4 heterocycles. The zero-order valence-corrected chi connectivity index (χ0v) is 22.4. The maximum Gasteiger partial charge on any atom is 0.276 e. The molecule has 39 heavy (non-hydrogen) atoms. The van der Waals surface area contributed by atoms with E-state index in [1.54, 1.807) is 23.0 Å². The number of carbonyl (C=O) groups is 2. The quantitative estimate of drug-likeness (QED) is 0.284. The number of pyridine rings is 1. The first-order valence-corrected chi connectivity index (χ1v) is 14.2. The fraction of sp³-hybridized carbons (Fsp3) is 0.536. The average Bonchev–Trinajstić information content (AvgIpc) is 3.38. The van der Waals surface area contributed by atoms with E-state index in [1.165, 1.54) is 0 Å². The molecule has 2 saturated carbocycles. The standard InChI is InChI=1S/C28H37N9O2/c1-17-13-22(10-12-29-17)35-28(39)24-16-31-27-23(32-18-4-5-18)15-25(36-37(24)27)33-19-6-8-20(9-7-19)34-26(38)14-21-3-2-11-30-21/h10,12-13,15-16,18-21,30,32H,2-9,11,14H2,1H3,(H,33,36)(H,34,38)(H,29,35,39)/t19-,20-,21-/m0/s1. The fourth-order valence-electron chi connectivity index (χ4n) is 5.60. The minimum Gasteiger partial charge on any atom is -0.379 e. The van der Waals surface area contributed by atoms with Crippen LogP contribution in [0.4, 0.5) is 17.2 Å². The largest absolute Gasteiger partial charge is 0.379 e. The molecule has 0 spiro atoms. The molecule has 1 atom stereocenters. The van der Waals surface area contributed by atoms with Gasteiger partial charge in [0.15, 0.2) is 11.3 Å². The van der Waals surface area contributed by atoms with E-state index in [1.807, 2.05) is 19.1 Å². The number of anilines is 3. The van der Waals surface area contributed by atoms with Crippen LogP contribution in [0, 0.1) is 6.92 Å². The highest BCUT2D eigenvalue weighted by Crippen LogP contribution is 2.30. The van der Waals surface area contributed by atoms with Crippen molar-refractivity contribution in [3.05, 3.63) is 42.0 Å². The van der Waals surface area contributed by atoms with Crippen molar-refractivity contribution >= 4 is 34.7 Å². The van der Waals surface area contributed by atoms with Crippen LogP contribution in [0.25, 0.3) is 5.65 Å². The summed E-state index contributed by atoms with van der Waals surface area (Å²) in [4.78, 5) is 34.4. The number of nitrogens with zero attached hydrogens (tertiary/aromatic N) is 4. The van der Waals surface area contributed by atoms with Crippen LogP contribution >= 0.6 is 0 Å². The van der Waals surface area contributed by atoms with Crippen LogP contribution in [0.1, 0.15) is 74.0 Å². The molecule has 0 unspecified atom stereocenters. The van der Waals surface area contributed by atoms with Gasteiger partial charge >= 0.3 is 0 Å². The van der Waals surface area contributed by atoms with Crippen molar-refractivity contribution < 1.29 is 9.59 Å². The van der Waals surface area contributed by atoms with Gasteiger partial charge in [-0.05, 0) is 77.0 Å². The predicted molar refractivity (Wildman–Crippen MR) is 150 cm³/mol. The van der Waals surface area contributed by atoms with Crippen LogP contribution in [0.5, 0.6) is 0 Å². The van der Waals surface area contributed by atoms with Crippen molar-refractivity contribution in [3.63, 3.8) is 0 Å². The van der Waals surface area contributed by atoms with Crippen LogP contribution in [-0.4, -0.2) is 62.1 Å². The molecule has 3 fully saturated rings. The molecule has 3 aromatic heterocycles. The van der Waals surface area contributed by atoms with Crippen molar-refractivity contribution in [2.75, 3.05) is 22.5 Å².